The summed E-state index contributed by atoms with van der Waals surface area (Å²) in [6, 6.07) is 16.4. The van der Waals surface area contributed by atoms with Crippen LogP contribution in [-0.2, 0) is 5.33 Å². The van der Waals surface area contributed by atoms with E-state index in [1.165, 1.54) is 10.8 Å². The van der Waals surface area contributed by atoms with Crippen molar-refractivity contribution in [2.45, 2.75) is 5.33 Å². The summed E-state index contributed by atoms with van der Waals surface area (Å²) in [6.07, 6.45) is 0. The molecule has 3 aromatic rings. The predicted octanol–water partition coefficient (Wildman–Crippen LogP) is 4.39. The Morgan fingerprint density at radius 2 is 1.88 bits per heavy atom. The third-order valence-corrected chi connectivity index (χ3v) is 3.33. The van der Waals surface area contributed by atoms with Gasteiger partial charge in [-0.05, 0) is 10.8 Å². The summed E-state index contributed by atoms with van der Waals surface area (Å²) < 4.78 is 5.37. The van der Waals surface area contributed by atoms with Gasteiger partial charge in [-0.3, -0.25) is 0 Å². The Balaban J connectivity index is 2.23. The molecule has 0 fully saturated rings. The van der Waals surface area contributed by atoms with E-state index in [1.807, 2.05) is 24.3 Å². The van der Waals surface area contributed by atoms with E-state index in [2.05, 4.69) is 45.4 Å². The molecule has 0 spiro atoms. The zero-order valence-corrected chi connectivity index (χ0v) is 10.6. The number of hydrogen-bond donors (Lipinski definition) is 0. The quantitative estimate of drug-likeness (QED) is 0.654. The van der Waals surface area contributed by atoms with Crippen LogP contribution < -0.4 is 0 Å². The molecular formula is C14H10BrNO. The van der Waals surface area contributed by atoms with Gasteiger partial charge in [0, 0.05) is 17.0 Å². The van der Waals surface area contributed by atoms with E-state index in [0.29, 0.717) is 5.33 Å². The minimum atomic E-state index is 0.710. The molecule has 0 atom stereocenters. The highest BCUT2D eigenvalue weighted by Gasteiger charge is 2.08. The molecule has 17 heavy (non-hydrogen) atoms. The van der Waals surface area contributed by atoms with Gasteiger partial charge in [-0.25, -0.2) is 0 Å². The van der Waals surface area contributed by atoms with Crippen LogP contribution >= 0.6 is 15.9 Å². The summed E-state index contributed by atoms with van der Waals surface area (Å²) in [7, 11) is 0. The van der Waals surface area contributed by atoms with Crippen molar-refractivity contribution in [3.63, 3.8) is 0 Å². The van der Waals surface area contributed by atoms with E-state index < -0.39 is 0 Å². The SMILES string of the molecule is BrCc1cc(-c2cccc3ccccc23)on1. The Morgan fingerprint density at radius 3 is 2.71 bits per heavy atom. The van der Waals surface area contributed by atoms with Crippen molar-refractivity contribution in [2.75, 3.05) is 0 Å². The van der Waals surface area contributed by atoms with Crippen LogP contribution in [0.5, 0.6) is 0 Å². The molecule has 2 aromatic carbocycles. The van der Waals surface area contributed by atoms with Crippen LogP contribution in [0.3, 0.4) is 0 Å². The Bertz CT molecular complexity index is 655. The number of alkyl halides is 1. The molecule has 1 heterocycles. The Morgan fingerprint density at radius 1 is 1.06 bits per heavy atom. The second kappa shape index (κ2) is 4.34. The average Bonchev–Trinajstić information content (AvgIpc) is 2.87. The van der Waals surface area contributed by atoms with Gasteiger partial charge in [0.25, 0.3) is 0 Å². The summed E-state index contributed by atoms with van der Waals surface area (Å²) in [4.78, 5) is 0. The van der Waals surface area contributed by atoms with Crippen LogP contribution in [0, 0.1) is 0 Å². The molecule has 0 unspecified atom stereocenters. The van der Waals surface area contributed by atoms with Gasteiger partial charge in [-0.1, -0.05) is 63.6 Å². The fourth-order valence-corrected chi connectivity index (χ4v) is 2.21. The van der Waals surface area contributed by atoms with Crippen molar-refractivity contribution < 1.29 is 4.52 Å². The van der Waals surface area contributed by atoms with E-state index in [0.717, 1.165) is 17.0 Å². The van der Waals surface area contributed by atoms with Crippen molar-refractivity contribution in [1.82, 2.24) is 5.16 Å². The first-order valence-corrected chi connectivity index (χ1v) is 6.50. The van der Waals surface area contributed by atoms with Crippen LogP contribution in [0.25, 0.3) is 22.1 Å². The standard InChI is InChI=1S/C14H10BrNO/c15-9-11-8-14(17-16-11)13-7-3-5-10-4-1-2-6-12(10)13/h1-8H,9H2. The lowest BCUT2D eigenvalue weighted by Gasteiger charge is -2.02. The molecule has 0 saturated carbocycles. The smallest absolute Gasteiger partial charge is 0.167 e. The number of nitrogens with zero attached hydrogens (tertiary/aromatic N) is 1. The number of benzene rings is 2. The third kappa shape index (κ3) is 1.87. The van der Waals surface area contributed by atoms with Gasteiger partial charge < -0.3 is 4.52 Å². The summed E-state index contributed by atoms with van der Waals surface area (Å²) in [5.41, 5.74) is 2.00. The second-order valence-electron chi connectivity index (χ2n) is 3.84. The number of fused-ring (bicyclic) bond motifs is 1. The van der Waals surface area contributed by atoms with Crippen LogP contribution in [0.2, 0.25) is 0 Å². The lowest BCUT2D eigenvalue weighted by molar-refractivity contribution is 0.427. The zero-order chi connectivity index (χ0) is 11.7. The van der Waals surface area contributed by atoms with Crippen LogP contribution in [-0.4, -0.2) is 5.16 Å². The lowest BCUT2D eigenvalue weighted by atomic mass is 10.0. The summed E-state index contributed by atoms with van der Waals surface area (Å²) in [6.45, 7) is 0. The van der Waals surface area contributed by atoms with Crippen LogP contribution in [0.1, 0.15) is 5.69 Å². The maximum atomic E-state index is 5.37. The highest BCUT2D eigenvalue weighted by atomic mass is 79.9. The molecule has 1 aromatic heterocycles. The van der Waals surface area contributed by atoms with Crippen molar-refractivity contribution in [3.8, 4) is 11.3 Å². The average molecular weight is 288 g/mol. The lowest BCUT2D eigenvalue weighted by Crippen LogP contribution is -1.78. The largest absolute Gasteiger partial charge is 0.356 e. The highest BCUT2D eigenvalue weighted by Crippen LogP contribution is 2.29. The van der Waals surface area contributed by atoms with E-state index in [1.54, 1.807) is 0 Å². The van der Waals surface area contributed by atoms with Crippen LogP contribution in [0.15, 0.2) is 53.1 Å². The fraction of sp³-hybridized carbons (Fsp3) is 0.0714. The topological polar surface area (TPSA) is 26.0 Å². The van der Waals surface area contributed by atoms with Crippen LogP contribution in [0.4, 0.5) is 0 Å². The fourth-order valence-electron chi connectivity index (χ4n) is 1.94. The first-order chi connectivity index (χ1) is 8.38. The molecular weight excluding hydrogens is 278 g/mol. The van der Waals surface area contributed by atoms with Gasteiger partial charge in [0.15, 0.2) is 5.76 Å². The molecule has 0 saturated heterocycles. The maximum absolute atomic E-state index is 5.37. The summed E-state index contributed by atoms with van der Waals surface area (Å²) in [5.74, 6) is 0.816. The Labute approximate surface area is 107 Å². The van der Waals surface area contributed by atoms with E-state index in [4.69, 9.17) is 4.52 Å². The first kappa shape index (κ1) is 10.5. The second-order valence-corrected chi connectivity index (χ2v) is 4.40. The minimum Gasteiger partial charge on any atom is -0.356 e. The molecule has 0 amide bonds. The molecule has 0 radical (unpaired) electrons. The molecule has 2 nitrogen and oxygen atoms in total. The summed E-state index contributed by atoms with van der Waals surface area (Å²) in [5, 5.41) is 7.10. The van der Waals surface area contributed by atoms with E-state index in [-0.39, 0.29) is 0 Å². The molecule has 0 aliphatic carbocycles. The number of rotatable bonds is 2. The van der Waals surface area contributed by atoms with Crippen molar-refractivity contribution in [3.05, 3.63) is 54.2 Å². The van der Waals surface area contributed by atoms with Crippen molar-refractivity contribution >= 4 is 26.7 Å². The Kier molecular flexibility index (Phi) is 2.69. The molecule has 3 heteroatoms. The molecule has 3 rings (SSSR count). The molecule has 84 valence electrons. The molecule has 0 bridgehead atoms. The van der Waals surface area contributed by atoms with Crippen molar-refractivity contribution in [2.24, 2.45) is 0 Å². The third-order valence-electron chi connectivity index (χ3n) is 2.75. The molecule has 0 N–H and O–H groups in total. The van der Waals surface area contributed by atoms with Gasteiger partial charge in [0.05, 0.1) is 5.69 Å². The predicted molar refractivity (Wildman–Crippen MR) is 72.1 cm³/mol. The monoisotopic (exact) mass is 287 g/mol. The number of hydrogen-bond acceptors (Lipinski definition) is 2. The normalized spacial score (nSPS) is 10.9. The highest BCUT2D eigenvalue weighted by molar-refractivity contribution is 9.08. The summed E-state index contributed by atoms with van der Waals surface area (Å²) >= 11 is 3.37. The van der Waals surface area contributed by atoms with Gasteiger partial charge in [0.1, 0.15) is 0 Å². The molecule has 0 aliphatic heterocycles. The maximum Gasteiger partial charge on any atom is 0.167 e. The minimum absolute atomic E-state index is 0.710. The molecule has 0 aliphatic rings. The number of aromatic nitrogens is 1. The number of halogens is 1. The van der Waals surface area contributed by atoms with E-state index >= 15 is 0 Å². The van der Waals surface area contributed by atoms with E-state index in [9.17, 15) is 0 Å². The Hall–Kier alpha value is -1.61. The first-order valence-electron chi connectivity index (χ1n) is 5.38. The van der Waals surface area contributed by atoms with Gasteiger partial charge in [-0.15, -0.1) is 0 Å². The van der Waals surface area contributed by atoms with Gasteiger partial charge in [-0.2, -0.15) is 0 Å². The van der Waals surface area contributed by atoms with Gasteiger partial charge in [0.2, 0.25) is 0 Å². The van der Waals surface area contributed by atoms with Gasteiger partial charge >= 0.3 is 0 Å². The zero-order valence-electron chi connectivity index (χ0n) is 9.06. The van der Waals surface area contributed by atoms with Crippen molar-refractivity contribution in [1.29, 1.82) is 0 Å².